The first-order valence-electron chi connectivity index (χ1n) is 11.9. The molecule has 1 saturated carbocycles. The summed E-state index contributed by atoms with van der Waals surface area (Å²) in [5, 5.41) is 11.9. The molecule has 1 aliphatic heterocycles. The van der Waals surface area contributed by atoms with E-state index in [2.05, 4.69) is 11.4 Å². The second kappa shape index (κ2) is 9.19. The number of ether oxygens (including phenoxy) is 2. The molecule has 1 heterocycles. The molecule has 0 bridgehead atoms. The third-order valence-electron chi connectivity index (χ3n) is 6.99. The van der Waals surface area contributed by atoms with Crippen LogP contribution < -0.4 is 14.8 Å². The number of aryl methyl sites for hydroxylation is 1. The Bertz CT molecular complexity index is 1280. The minimum Gasteiger partial charge on any atom is -0.454 e. The Morgan fingerprint density at radius 1 is 1.00 bits per heavy atom. The van der Waals surface area contributed by atoms with Gasteiger partial charge < -0.3 is 19.9 Å². The summed E-state index contributed by atoms with van der Waals surface area (Å²) in [6.07, 6.45) is 2.06. The molecular weight excluding hydrogens is 442 g/mol. The summed E-state index contributed by atoms with van der Waals surface area (Å²) in [4.78, 5) is 25.7. The van der Waals surface area contributed by atoms with Gasteiger partial charge in [-0.05, 0) is 78.8 Å². The van der Waals surface area contributed by atoms with E-state index in [1.54, 1.807) is 19.1 Å². The summed E-state index contributed by atoms with van der Waals surface area (Å²) in [7, 11) is 0. The fraction of sp³-hybridized carbons (Fsp3) is 0.310. The Morgan fingerprint density at radius 3 is 2.46 bits per heavy atom. The van der Waals surface area contributed by atoms with Crippen LogP contribution >= 0.6 is 0 Å². The highest BCUT2D eigenvalue weighted by atomic mass is 16.7. The lowest BCUT2D eigenvalue weighted by atomic mass is 9.87. The smallest absolute Gasteiger partial charge is 0.251 e. The van der Waals surface area contributed by atoms with Crippen LogP contribution in [-0.2, 0) is 16.6 Å². The molecule has 5 rings (SSSR count). The molecule has 1 fully saturated rings. The molecule has 35 heavy (non-hydrogen) atoms. The van der Waals surface area contributed by atoms with Crippen LogP contribution in [0, 0.1) is 6.92 Å². The summed E-state index contributed by atoms with van der Waals surface area (Å²) >= 11 is 0. The van der Waals surface area contributed by atoms with Crippen molar-refractivity contribution in [2.75, 3.05) is 13.4 Å². The Balaban J connectivity index is 1.33. The zero-order chi connectivity index (χ0) is 24.6. The van der Waals surface area contributed by atoms with Gasteiger partial charge in [-0.25, -0.2) is 0 Å². The van der Waals surface area contributed by atoms with Gasteiger partial charge in [0.25, 0.3) is 5.91 Å². The van der Waals surface area contributed by atoms with E-state index >= 15 is 0 Å². The Morgan fingerprint density at radius 2 is 1.74 bits per heavy atom. The van der Waals surface area contributed by atoms with Crippen LogP contribution in [0.2, 0.25) is 0 Å². The lowest BCUT2D eigenvalue weighted by Gasteiger charge is -2.16. The normalized spacial score (nSPS) is 16.0. The molecule has 180 valence electrons. The second-order valence-corrected chi connectivity index (χ2v) is 9.53. The van der Waals surface area contributed by atoms with Crippen molar-refractivity contribution in [3.8, 4) is 22.6 Å². The molecule has 6 nitrogen and oxygen atoms in total. The van der Waals surface area contributed by atoms with Gasteiger partial charge in [-0.3, -0.25) is 9.59 Å². The van der Waals surface area contributed by atoms with Crippen molar-refractivity contribution in [3.05, 3.63) is 82.9 Å². The summed E-state index contributed by atoms with van der Waals surface area (Å²) in [6, 6.07) is 19.1. The van der Waals surface area contributed by atoms with Crippen molar-refractivity contribution in [3.63, 3.8) is 0 Å². The number of nitrogens with one attached hydrogen (secondary N) is 1. The highest BCUT2D eigenvalue weighted by molar-refractivity contribution is 5.96. The second-order valence-electron chi connectivity index (χ2n) is 9.53. The molecule has 2 aliphatic rings. The lowest BCUT2D eigenvalue weighted by Crippen LogP contribution is -2.34. The van der Waals surface area contributed by atoms with Crippen molar-refractivity contribution in [2.45, 2.75) is 44.6 Å². The molecule has 0 unspecified atom stereocenters. The van der Waals surface area contributed by atoms with Gasteiger partial charge >= 0.3 is 0 Å². The first kappa shape index (κ1) is 23.1. The van der Waals surface area contributed by atoms with Gasteiger partial charge in [-0.15, -0.1) is 0 Å². The number of aliphatic hydroxyl groups is 1. The number of Topliss-reactive ketones (excluding diaryl/α,β-unsaturated/α-hetero) is 1. The van der Waals surface area contributed by atoms with Crippen LogP contribution in [0.15, 0.2) is 60.7 Å². The highest BCUT2D eigenvalue weighted by Crippen LogP contribution is 2.51. The summed E-state index contributed by atoms with van der Waals surface area (Å²) in [5.41, 5.74) is 5.21. The van der Waals surface area contributed by atoms with Crippen LogP contribution in [-0.4, -0.2) is 36.2 Å². The predicted molar refractivity (Wildman–Crippen MR) is 133 cm³/mol. The van der Waals surface area contributed by atoms with Gasteiger partial charge in [0, 0.05) is 18.0 Å². The van der Waals surface area contributed by atoms with Crippen molar-refractivity contribution in [1.82, 2.24) is 5.32 Å². The number of carbonyl (C=O) groups excluding carboxylic acids is 2. The predicted octanol–water partition coefficient (Wildman–Crippen LogP) is 4.34. The lowest BCUT2D eigenvalue weighted by molar-refractivity contribution is -0.120. The third-order valence-corrected chi connectivity index (χ3v) is 6.99. The van der Waals surface area contributed by atoms with E-state index in [1.165, 1.54) is 0 Å². The summed E-state index contributed by atoms with van der Waals surface area (Å²) in [6.45, 7) is 3.91. The van der Waals surface area contributed by atoms with Gasteiger partial charge in [-0.2, -0.15) is 0 Å². The molecule has 6 heteroatoms. The topological polar surface area (TPSA) is 84.9 Å². The average molecular weight is 472 g/mol. The molecule has 1 aliphatic carbocycles. The van der Waals surface area contributed by atoms with Crippen molar-refractivity contribution in [1.29, 1.82) is 0 Å². The van der Waals surface area contributed by atoms with Crippen LogP contribution in [0.3, 0.4) is 0 Å². The van der Waals surface area contributed by atoms with E-state index in [-0.39, 0.29) is 31.1 Å². The quantitative estimate of drug-likeness (QED) is 0.510. The van der Waals surface area contributed by atoms with Gasteiger partial charge in [0.15, 0.2) is 11.5 Å². The number of ketones is 1. The SMILES string of the molecule is Cc1ccc(CC(=O)C2(c3ccc4c(c3)OCO4)CC2)cc1-c1ccc(C(=O)N[C@@H](C)CO)cc1. The molecule has 0 spiro atoms. The van der Waals surface area contributed by atoms with Crippen LogP contribution in [0.1, 0.15) is 46.8 Å². The largest absolute Gasteiger partial charge is 0.454 e. The molecule has 0 radical (unpaired) electrons. The van der Waals surface area contributed by atoms with Crippen molar-refractivity contribution >= 4 is 11.7 Å². The Hall–Kier alpha value is -3.64. The maximum Gasteiger partial charge on any atom is 0.251 e. The number of rotatable bonds is 8. The average Bonchev–Trinajstić information content (AvgIpc) is 3.56. The zero-order valence-electron chi connectivity index (χ0n) is 20.0. The number of carbonyl (C=O) groups is 2. The van der Waals surface area contributed by atoms with Gasteiger partial charge in [0.05, 0.1) is 12.0 Å². The van der Waals surface area contributed by atoms with E-state index < -0.39 is 5.41 Å². The number of fused-ring (bicyclic) bond motifs is 1. The van der Waals surface area contributed by atoms with E-state index in [9.17, 15) is 9.59 Å². The van der Waals surface area contributed by atoms with Gasteiger partial charge in [-0.1, -0.05) is 36.4 Å². The maximum absolute atomic E-state index is 13.4. The fourth-order valence-corrected chi connectivity index (χ4v) is 4.65. The Labute approximate surface area is 204 Å². The van der Waals surface area contributed by atoms with Crippen LogP contribution in [0.4, 0.5) is 0 Å². The van der Waals surface area contributed by atoms with E-state index in [1.807, 2.05) is 49.4 Å². The zero-order valence-corrected chi connectivity index (χ0v) is 20.0. The third kappa shape index (κ3) is 4.54. The number of hydrogen-bond acceptors (Lipinski definition) is 5. The molecule has 0 aromatic heterocycles. The molecular formula is C29H29NO5. The highest BCUT2D eigenvalue weighted by Gasteiger charge is 2.50. The van der Waals surface area contributed by atoms with Crippen LogP contribution in [0.5, 0.6) is 11.5 Å². The van der Waals surface area contributed by atoms with Gasteiger partial charge in [0.2, 0.25) is 6.79 Å². The minimum absolute atomic E-state index is 0.107. The van der Waals surface area contributed by atoms with E-state index in [4.69, 9.17) is 14.6 Å². The number of hydrogen-bond donors (Lipinski definition) is 2. The maximum atomic E-state index is 13.4. The Kier molecular flexibility index (Phi) is 6.07. The van der Waals surface area contributed by atoms with E-state index in [0.29, 0.717) is 17.7 Å². The molecule has 1 atom stereocenters. The first-order valence-corrected chi connectivity index (χ1v) is 11.9. The first-order chi connectivity index (χ1) is 16.9. The standard InChI is InChI=1S/C29H29NO5/c1-18-3-4-20(13-24(18)21-5-7-22(8-6-21)28(33)30-19(2)16-31)14-27(32)29(11-12-29)23-9-10-25-26(15-23)35-17-34-25/h3-10,13,15,19,31H,11-12,14,16-17H2,1-2H3,(H,30,33)/t19-/m0/s1. The molecule has 3 aromatic carbocycles. The van der Waals surface area contributed by atoms with E-state index in [0.717, 1.165) is 46.4 Å². The number of amides is 1. The van der Waals surface area contributed by atoms with Gasteiger partial charge in [0.1, 0.15) is 5.78 Å². The molecule has 2 N–H and O–H groups in total. The summed E-state index contributed by atoms with van der Waals surface area (Å²) in [5.74, 6) is 1.44. The monoisotopic (exact) mass is 471 g/mol. The fourth-order valence-electron chi connectivity index (χ4n) is 4.65. The minimum atomic E-state index is -0.438. The van der Waals surface area contributed by atoms with Crippen molar-refractivity contribution < 1.29 is 24.2 Å². The summed E-state index contributed by atoms with van der Waals surface area (Å²) < 4.78 is 10.9. The molecule has 0 saturated heterocycles. The number of benzene rings is 3. The molecule has 1 amide bonds. The molecule has 3 aromatic rings. The number of aliphatic hydroxyl groups excluding tert-OH is 1. The van der Waals surface area contributed by atoms with Crippen LogP contribution in [0.25, 0.3) is 11.1 Å². The van der Waals surface area contributed by atoms with Crippen molar-refractivity contribution in [2.24, 2.45) is 0 Å².